The smallest absolute Gasteiger partial charge is 0.478 e. The van der Waals surface area contributed by atoms with Crippen molar-refractivity contribution in [2.75, 3.05) is 5.32 Å². The molecule has 2 N–H and O–H groups in total. The van der Waals surface area contributed by atoms with Gasteiger partial charge in [0.25, 0.3) is 0 Å². The molecule has 0 heterocycles. The van der Waals surface area contributed by atoms with E-state index >= 15 is 0 Å². The Morgan fingerprint density at radius 3 is 2.37 bits per heavy atom. The zero-order chi connectivity index (χ0) is 13.1. The Morgan fingerprint density at radius 1 is 1.05 bits per heavy atom. The first-order valence-electron chi connectivity index (χ1n) is 5.74. The monoisotopic (exact) mass is 304 g/mol. The number of hydrogen-bond acceptors (Lipinski definition) is 2. The van der Waals surface area contributed by atoms with Crippen LogP contribution in [0.15, 0.2) is 42.5 Å². The summed E-state index contributed by atoms with van der Waals surface area (Å²) in [5.41, 5.74) is 4.16. The molecule has 0 aliphatic carbocycles. The van der Waals surface area contributed by atoms with Crippen LogP contribution in [0.2, 0.25) is 0 Å². The number of hydrogen-bond donors (Lipinski definition) is 2. The van der Waals surface area contributed by atoms with Gasteiger partial charge in [0, 0.05) is 5.69 Å². The van der Waals surface area contributed by atoms with Crippen molar-refractivity contribution in [3.8, 4) is 0 Å². The largest absolute Gasteiger partial charge is 2.00 e. The third kappa shape index (κ3) is 3.60. The molecule has 0 aromatic heterocycles. The van der Waals surface area contributed by atoms with Crippen LogP contribution < -0.4 is 5.32 Å². The van der Waals surface area contributed by atoms with Crippen molar-refractivity contribution in [3.05, 3.63) is 59.2 Å². The van der Waals surface area contributed by atoms with Crippen LogP contribution in [0.25, 0.3) is 0 Å². The fraction of sp³-hybridized carbons (Fsp3) is 0.133. The van der Waals surface area contributed by atoms with Crippen molar-refractivity contribution in [2.24, 2.45) is 0 Å². The Balaban J connectivity index is 0.00000180. The summed E-state index contributed by atoms with van der Waals surface area (Å²) < 4.78 is 0. The predicted octanol–water partition coefficient (Wildman–Crippen LogP) is 3.74. The summed E-state index contributed by atoms with van der Waals surface area (Å²) in [5.74, 6) is -0.929. The number of rotatable bonds is 3. The average molecular weight is 305 g/mol. The van der Waals surface area contributed by atoms with Gasteiger partial charge in [-0.15, -0.1) is 0 Å². The Labute approximate surface area is 123 Å². The van der Waals surface area contributed by atoms with E-state index in [4.69, 9.17) is 5.11 Å². The Hall–Kier alpha value is -1.77. The summed E-state index contributed by atoms with van der Waals surface area (Å²) in [4.78, 5) is 11.1. The van der Waals surface area contributed by atoms with E-state index in [0.717, 1.165) is 5.69 Å². The van der Waals surface area contributed by atoms with Crippen LogP contribution in [0.5, 0.6) is 0 Å². The van der Waals surface area contributed by atoms with Gasteiger partial charge in [-0.3, -0.25) is 0 Å². The number of carbonyl (C=O) groups is 1. The number of carboxylic acids is 1. The molecule has 2 aromatic rings. The summed E-state index contributed by atoms with van der Waals surface area (Å²) in [6, 6.07) is 12.9. The maximum atomic E-state index is 11.1. The summed E-state index contributed by atoms with van der Waals surface area (Å²) in [5, 5.41) is 12.2. The van der Waals surface area contributed by atoms with Gasteiger partial charge in [0.15, 0.2) is 0 Å². The van der Waals surface area contributed by atoms with Gasteiger partial charge in [-0.2, -0.15) is 0 Å². The molecule has 0 bridgehead atoms. The standard InChI is InChI=1S/C15H15NO2.Cu/c1-10-7-8-12(9-11(10)2)16-14-6-4-3-5-13(14)15(17)18;/h3-9,16H,1-2H3,(H,17,18);/q;+2. The quantitative estimate of drug-likeness (QED) is 0.849. The van der Waals surface area contributed by atoms with Gasteiger partial charge in [0.05, 0.1) is 11.3 Å². The molecule has 101 valence electrons. The molecule has 0 aliphatic rings. The summed E-state index contributed by atoms with van der Waals surface area (Å²) in [6.07, 6.45) is 0. The number of aromatic carboxylic acids is 1. The molecule has 0 saturated heterocycles. The second-order valence-corrected chi connectivity index (χ2v) is 4.27. The first-order valence-corrected chi connectivity index (χ1v) is 5.74. The first-order chi connectivity index (χ1) is 8.58. The van der Waals surface area contributed by atoms with Crippen molar-refractivity contribution in [2.45, 2.75) is 13.8 Å². The van der Waals surface area contributed by atoms with Gasteiger partial charge in [-0.25, -0.2) is 4.79 Å². The molecule has 0 fully saturated rings. The summed E-state index contributed by atoms with van der Waals surface area (Å²) >= 11 is 0. The predicted molar refractivity (Wildman–Crippen MR) is 72.6 cm³/mol. The topological polar surface area (TPSA) is 49.3 Å². The third-order valence-electron chi connectivity index (χ3n) is 2.94. The SMILES string of the molecule is Cc1ccc(Nc2ccccc2C(=O)O)cc1C.[Cu+2]. The number of carboxylic acid groups (broad SMARTS) is 1. The van der Waals surface area contributed by atoms with Crippen LogP contribution in [0, 0.1) is 13.8 Å². The molecule has 0 saturated carbocycles. The fourth-order valence-electron chi connectivity index (χ4n) is 1.75. The molecule has 1 radical (unpaired) electrons. The van der Waals surface area contributed by atoms with E-state index in [1.165, 1.54) is 11.1 Å². The summed E-state index contributed by atoms with van der Waals surface area (Å²) in [7, 11) is 0. The normalized spacial score (nSPS) is 9.58. The zero-order valence-electron chi connectivity index (χ0n) is 10.7. The fourth-order valence-corrected chi connectivity index (χ4v) is 1.75. The first kappa shape index (κ1) is 15.3. The minimum atomic E-state index is -0.929. The van der Waals surface area contributed by atoms with E-state index in [9.17, 15) is 4.79 Å². The molecule has 19 heavy (non-hydrogen) atoms. The average Bonchev–Trinajstić information content (AvgIpc) is 2.34. The van der Waals surface area contributed by atoms with Crippen molar-refractivity contribution in [3.63, 3.8) is 0 Å². The van der Waals surface area contributed by atoms with E-state index < -0.39 is 5.97 Å². The van der Waals surface area contributed by atoms with Crippen LogP contribution in [0.3, 0.4) is 0 Å². The van der Waals surface area contributed by atoms with Crippen LogP contribution in [0.4, 0.5) is 11.4 Å². The van der Waals surface area contributed by atoms with E-state index in [1.807, 2.05) is 38.1 Å². The van der Waals surface area contributed by atoms with Crippen molar-refractivity contribution < 1.29 is 27.0 Å². The summed E-state index contributed by atoms with van der Waals surface area (Å²) in [6.45, 7) is 4.08. The Kier molecular flexibility index (Phi) is 5.16. The third-order valence-corrected chi connectivity index (χ3v) is 2.94. The van der Waals surface area contributed by atoms with Gasteiger partial charge >= 0.3 is 23.0 Å². The molecule has 2 aromatic carbocycles. The number of benzene rings is 2. The van der Waals surface area contributed by atoms with E-state index in [2.05, 4.69) is 5.32 Å². The Bertz CT molecular complexity index is 596. The molecular weight excluding hydrogens is 290 g/mol. The van der Waals surface area contributed by atoms with Crippen molar-refractivity contribution in [1.82, 2.24) is 0 Å². The molecule has 0 spiro atoms. The maximum absolute atomic E-state index is 11.1. The molecule has 0 unspecified atom stereocenters. The second kappa shape index (κ2) is 6.41. The number of para-hydroxylation sites is 1. The van der Waals surface area contributed by atoms with Crippen LogP contribution in [0.1, 0.15) is 21.5 Å². The number of nitrogens with one attached hydrogen (secondary N) is 1. The van der Waals surface area contributed by atoms with Crippen LogP contribution >= 0.6 is 0 Å². The van der Waals surface area contributed by atoms with Gasteiger partial charge in [0.1, 0.15) is 0 Å². The molecular formula is C15H15CuNO2+2. The Morgan fingerprint density at radius 2 is 1.74 bits per heavy atom. The molecule has 4 heteroatoms. The minimum absolute atomic E-state index is 0. The van der Waals surface area contributed by atoms with Crippen LogP contribution in [-0.2, 0) is 17.1 Å². The van der Waals surface area contributed by atoms with Gasteiger partial charge < -0.3 is 10.4 Å². The van der Waals surface area contributed by atoms with Crippen molar-refractivity contribution >= 4 is 17.3 Å². The molecule has 0 atom stereocenters. The maximum Gasteiger partial charge on any atom is 2.00 e. The number of aryl methyl sites for hydroxylation is 2. The van der Waals surface area contributed by atoms with Crippen LogP contribution in [-0.4, -0.2) is 11.1 Å². The molecule has 3 nitrogen and oxygen atoms in total. The number of anilines is 2. The molecule has 0 amide bonds. The second-order valence-electron chi connectivity index (χ2n) is 4.27. The minimum Gasteiger partial charge on any atom is -0.478 e. The van der Waals surface area contributed by atoms with E-state index in [-0.39, 0.29) is 22.6 Å². The molecule has 0 aliphatic heterocycles. The molecule has 2 rings (SSSR count). The van der Waals surface area contributed by atoms with Gasteiger partial charge in [-0.1, -0.05) is 18.2 Å². The zero-order valence-corrected chi connectivity index (χ0v) is 11.6. The van der Waals surface area contributed by atoms with Gasteiger partial charge in [0.2, 0.25) is 0 Å². The van der Waals surface area contributed by atoms with E-state index in [1.54, 1.807) is 18.2 Å². The van der Waals surface area contributed by atoms with Gasteiger partial charge in [-0.05, 0) is 49.2 Å². The van der Waals surface area contributed by atoms with E-state index in [0.29, 0.717) is 5.69 Å². The van der Waals surface area contributed by atoms with Crippen molar-refractivity contribution in [1.29, 1.82) is 0 Å².